The van der Waals surface area contributed by atoms with Crippen molar-refractivity contribution >= 4 is 17.4 Å². The Kier molecular flexibility index (Phi) is 6.89. The van der Waals surface area contributed by atoms with E-state index in [-0.39, 0.29) is 11.8 Å². The van der Waals surface area contributed by atoms with Gasteiger partial charge in [0.1, 0.15) is 0 Å². The first-order valence-corrected chi connectivity index (χ1v) is 7.99. The number of allylic oxidation sites excluding steroid dienone is 7. The van der Waals surface area contributed by atoms with Crippen molar-refractivity contribution in [2.24, 2.45) is 5.16 Å². The fraction of sp³-hybridized carbons (Fsp3) is 0.200. The lowest BCUT2D eigenvalue weighted by atomic mass is 10.1. The van der Waals surface area contributed by atoms with E-state index in [1.54, 1.807) is 49.4 Å². The van der Waals surface area contributed by atoms with E-state index in [1.807, 2.05) is 12.1 Å². The molecule has 25 heavy (non-hydrogen) atoms. The van der Waals surface area contributed by atoms with E-state index in [9.17, 15) is 9.18 Å². The van der Waals surface area contributed by atoms with E-state index in [2.05, 4.69) is 5.16 Å². The average molecular weight is 341 g/mol. The molecule has 0 radical (unpaired) electrons. The molecule has 1 aliphatic rings. The van der Waals surface area contributed by atoms with Gasteiger partial charge in [-0.25, -0.2) is 9.18 Å². The largest absolute Gasteiger partial charge is 0.462 e. The van der Waals surface area contributed by atoms with Crippen LogP contribution in [0.3, 0.4) is 0 Å². The van der Waals surface area contributed by atoms with Crippen LogP contribution in [0.1, 0.15) is 36.2 Å². The van der Waals surface area contributed by atoms with Crippen LogP contribution in [-0.4, -0.2) is 18.3 Å². The van der Waals surface area contributed by atoms with E-state index < -0.39 is 0 Å². The van der Waals surface area contributed by atoms with Gasteiger partial charge in [-0.05, 0) is 44.2 Å². The number of benzene rings is 1. The van der Waals surface area contributed by atoms with Crippen LogP contribution in [0.15, 0.2) is 71.7 Å². The zero-order valence-corrected chi connectivity index (χ0v) is 14.2. The van der Waals surface area contributed by atoms with Crippen molar-refractivity contribution in [3.63, 3.8) is 0 Å². The van der Waals surface area contributed by atoms with E-state index in [0.717, 1.165) is 11.3 Å². The summed E-state index contributed by atoms with van der Waals surface area (Å²) in [6, 6.07) is 7.03. The molecule has 0 aliphatic carbocycles. The van der Waals surface area contributed by atoms with Crippen molar-refractivity contribution in [1.82, 2.24) is 0 Å². The van der Waals surface area contributed by atoms with Gasteiger partial charge in [-0.1, -0.05) is 35.5 Å². The highest BCUT2D eigenvalue weighted by atomic mass is 19.1. The molecule has 130 valence electrons. The number of ether oxygens (including phenoxy) is 1. The molecule has 0 spiro atoms. The normalized spacial score (nSPS) is 15.1. The maximum atomic E-state index is 12.5. The zero-order chi connectivity index (χ0) is 18.1. The van der Waals surface area contributed by atoms with Gasteiger partial charge in [0, 0.05) is 12.0 Å². The second kappa shape index (κ2) is 9.37. The van der Waals surface area contributed by atoms with Crippen LogP contribution < -0.4 is 0 Å². The highest BCUT2D eigenvalue weighted by Gasteiger charge is 2.12. The van der Waals surface area contributed by atoms with E-state index >= 15 is 0 Å². The maximum absolute atomic E-state index is 12.5. The molecule has 0 bridgehead atoms. The Balaban J connectivity index is 1.99. The van der Waals surface area contributed by atoms with Crippen LogP contribution >= 0.6 is 0 Å². The summed E-state index contributed by atoms with van der Waals surface area (Å²) in [5.41, 5.74) is 1.98. The Hall–Kier alpha value is -2.95. The van der Waals surface area contributed by atoms with Gasteiger partial charge < -0.3 is 9.57 Å². The molecular weight excluding hydrogens is 321 g/mol. The van der Waals surface area contributed by atoms with Crippen LogP contribution in [0.4, 0.5) is 4.39 Å². The summed E-state index contributed by atoms with van der Waals surface area (Å²) in [6.07, 6.45) is 10.7. The molecule has 1 aromatic carbocycles. The fourth-order valence-electron chi connectivity index (χ4n) is 2.08. The summed E-state index contributed by atoms with van der Waals surface area (Å²) < 4.78 is 17.5. The van der Waals surface area contributed by atoms with Crippen LogP contribution in [0, 0.1) is 0 Å². The summed E-state index contributed by atoms with van der Waals surface area (Å²) in [5, 5.41) is 4.05. The monoisotopic (exact) mass is 341 g/mol. The number of nitrogens with zero attached hydrogens (tertiary/aromatic N) is 1. The molecular formula is C20H20FNO3. The first-order valence-electron chi connectivity index (χ1n) is 7.99. The van der Waals surface area contributed by atoms with Crippen molar-refractivity contribution < 1.29 is 18.8 Å². The number of rotatable bonds is 6. The van der Waals surface area contributed by atoms with Gasteiger partial charge in [0.05, 0.1) is 23.7 Å². The van der Waals surface area contributed by atoms with E-state index in [0.29, 0.717) is 24.4 Å². The van der Waals surface area contributed by atoms with Gasteiger partial charge in [-0.3, -0.25) is 0 Å². The van der Waals surface area contributed by atoms with Crippen LogP contribution in [0.25, 0.3) is 5.76 Å². The van der Waals surface area contributed by atoms with Crippen molar-refractivity contribution in [3.8, 4) is 0 Å². The molecule has 0 unspecified atom stereocenters. The molecule has 0 atom stereocenters. The molecule has 1 aromatic rings. The molecule has 1 aliphatic heterocycles. The lowest BCUT2D eigenvalue weighted by Gasteiger charge is -2.12. The van der Waals surface area contributed by atoms with Crippen molar-refractivity contribution in [2.75, 3.05) is 6.61 Å². The zero-order valence-electron chi connectivity index (χ0n) is 14.2. The number of hydrogen-bond donors (Lipinski definition) is 0. The second-order valence-corrected chi connectivity index (χ2v) is 5.25. The molecule has 1 heterocycles. The first-order chi connectivity index (χ1) is 12.1. The van der Waals surface area contributed by atoms with Crippen molar-refractivity contribution in [3.05, 3.63) is 77.7 Å². The van der Waals surface area contributed by atoms with Gasteiger partial charge >= 0.3 is 5.97 Å². The number of esters is 1. The number of carbonyl (C=O) groups is 1. The summed E-state index contributed by atoms with van der Waals surface area (Å²) >= 11 is 0. The van der Waals surface area contributed by atoms with Gasteiger partial charge in [-0.15, -0.1) is 0 Å². The average Bonchev–Trinajstić information content (AvgIpc) is 2.62. The minimum Gasteiger partial charge on any atom is -0.462 e. The fourth-order valence-corrected chi connectivity index (χ4v) is 2.08. The quantitative estimate of drug-likeness (QED) is 0.542. The lowest BCUT2D eigenvalue weighted by molar-refractivity contribution is 0.0526. The molecule has 0 saturated carbocycles. The molecule has 0 aromatic heterocycles. The standard InChI is InChI=1S/C20H20FNO3/c1-3-24-20(23)17-10-7-9-16(14-17)19-13-12-18(22-25-19)11-6-4-5-8-15(2)21/h4-11,13-14H,3,12H2,1-2H3/b5-4-,11-6+,15-8+. The van der Waals surface area contributed by atoms with Gasteiger partial charge in [0.2, 0.25) is 0 Å². The Bertz CT molecular complexity index is 769. The summed E-state index contributed by atoms with van der Waals surface area (Å²) in [6.45, 7) is 3.48. The minimum absolute atomic E-state index is 0.249. The molecule has 5 heteroatoms. The minimum atomic E-state index is -0.364. The van der Waals surface area contributed by atoms with Gasteiger partial charge in [-0.2, -0.15) is 0 Å². The Morgan fingerprint density at radius 2 is 2.20 bits per heavy atom. The second-order valence-electron chi connectivity index (χ2n) is 5.25. The summed E-state index contributed by atoms with van der Waals surface area (Å²) in [4.78, 5) is 17.2. The SMILES string of the molecule is CCOC(=O)c1cccc(C2=CCC(/C=C/C=C\C=C(/C)F)=NO2)c1. The smallest absolute Gasteiger partial charge is 0.338 e. The topological polar surface area (TPSA) is 47.9 Å². The Labute approximate surface area is 146 Å². The molecule has 0 N–H and O–H groups in total. The number of hydrogen-bond acceptors (Lipinski definition) is 4. The highest BCUT2D eigenvalue weighted by Crippen LogP contribution is 2.22. The Morgan fingerprint density at radius 1 is 1.36 bits per heavy atom. The van der Waals surface area contributed by atoms with Crippen molar-refractivity contribution in [1.29, 1.82) is 0 Å². The summed E-state index contributed by atoms with van der Waals surface area (Å²) in [7, 11) is 0. The van der Waals surface area contributed by atoms with Gasteiger partial charge in [0.15, 0.2) is 5.76 Å². The van der Waals surface area contributed by atoms with Crippen molar-refractivity contribution in [2.45, 2.75) is 20.3 Å². The third kappa shape index (κ3) is 5.88. The van der Waals surface area contributed by atoms with E-state index in [4.69, 9.17) is 9.57 Å². The Morgan fingerprint density at radius 3 is 2.88 bits per heavy atom. The van der Waals surface area contributed by atoms with Crippen LogP contribution in [-0.2, 0) is 9.57 Å². The molecule has 2 rings (SSSR count). The summed E-state index contributed by atoms with van der Waals surface area (Å²) in [5.74, 6) is -0.0207. The van der Waals surface area contributed by atoms with E-state index in [1.165, 1.54) is 13.0 Å². The number of carbonyl (C=O) groups excluding carboxylic acids is 1. The van der Waals surface area contributed by atoms with Crippen LogP contribution in [0.2, 0.25) is 0 Å². The van der Waals surface area contributed by atoms with Gasteiger partial charge in [0.25, 0.3) is 0 Å². The number of oxime groups is 1. The molecule has 0 amide bonds. The number of halogens is 1. The molecule has 0 fully saturated rings. The molecule has 0 saturated heterocycles. The maximum Gasteiger partial charge on any atom is 0.338 e. The lowest BCUT2D eigenvalue weighted by Crippen LogP contribution is -2.06. The third-order valence-corrected chi connectivity index (χ3v) is 3.25. The third-order valence-electron chi connectivity index (χ3n) is 3.25. The van der Waals surface area contributed by atoms with Crippen LogP contribution in [0.5, 0.6) is 0 Å². The first kappa shape index (κ1) is 18.4. The highest BCUT2D eigenvalue weighted by molar-refractivity contribution is 5.97. The predicted octanol–water partition coefficient (Wildman–Crippen LogP) is 4.97. The molecule has 4 nitrogen and oxygen atoms in total. The predicted molar refractivity (Wildman–Crippen MR) is 96.7 cm³/mol.